The summed E-state index contributed by atoms with van der Waals surface area (Å²) in [6.07, 6.45) is 0.790. The summed E-state index contributed by atoms with van der Waals surface area (Å²) in [6.45, 7) is 2.07. The molecular formula is C19H19NO2S. The van der Waals surface area contributed by atoms with Crippen molar-refractivity contribution in [1.82, 2.24) is 4.98 Å². The van der Waals surface area contributed by atoms with Crippen LogP contribution < -0.4 is 9.47 Å². The molecule has 23 heavy (non-hydrogen) atoms. The summed E-state index contributed by atoms with van der Waals surface area (Å²) < 4.78 is 10.7. The molecule has 0 aliphatic carbocycles. The summed E-state index contributed by atoms with van der Waals surface area (Å²) in [5.41, 5.74) is 3.47. The van der Waals surface area contributed by atoms with Crippen LogP contribution in [0.4, 0.5) is 0 Å². The number of thiazole rings is 1. The maximum atomic E-state index is 5.37. The Balaban J connectivity index is 1.87. The van der Waals surface area contributed by atoms with E-state index in [-0.39, 0.29) is 0 Å². The highest BCUT2D eigenvalue weighted by Gasteiger charge is 2.11. The minimum Gasteiger partial charge on any atom is -0.493 e. The lowest BCUT2D eigenvalue weighted by Gasteiger charge is -2.08. The maximum absolute atomic E-state index is 5.37. The zero-order chi connectivity index (χ0) is 16.2. The summed E-state index contributed by atoms with van der Waals surface area (Å²) in [6, 6.07) is 16.4. The minimum absolute atomic E-state index is 0.747. The molecule has 3 nitrogen and oxygen atoms in total. The van der Waals surface area contributed by atoms with Crippen molar-refractivity contribution in [2.24, 2.45) is 0 Å². The molecule has 1 aromatic heterocycles. The molecule has 3 rings (SSSR count). The predicted octanol–water partition coefficient (Wildman–Crippen LogP) is 4.73. The van der Waals surface area contributed by atoms with E-state index in [1.165, 1.54) is 10.4 Å². The van der Waals surface area contributed by atoms with Gasteiger partial charge in [-0.25, -0.2) is 4.98 Å². The maximum Gasteiger partial charge on any atom is 0.160 e. The topological polar surface area (TPSA) is 31.4 Å². The highest BCUT2D eigenvalue weighted by atomic mass is 32.1. The van der Waals surface area contributed by atoms with Crippen LogP contribution in [0.3, 0.4) is 0 Å². The van der Waals surface area contributed by atoms with Gasteiger partial charge in [0.05, 0.1) is 29.8 Å². The quantitative estimate of drug-likeness (QED) is 0.680. The molecule has 0 aliphatic rings. The van der Waals surface area contributed by atoms with Gasteiger partial charge in [-0.3, -0.25) is 0 Å². The van der Waals surface area contributed by atoms with Crippen LogP contribution >= 0.6 is 11.3 Å². The number of ether oxygens (including phenoxy) is 2. The van der Waals surface area contributed by atoms with Crippen molar-refractivity contribution in [3.05, 3.63) is 64.8 Å². The van der Waals surface area contributed by atoms with Gasteiger partial charge in [0.25, 0.3) is 0 Å². The molecule has 1 heterocycles. The van der Waals surface area contributed by atoms with E-state index < -0.39 is 0 Å². The van der Waals surface area contributed by atoms with Crippen LogP contribution in [0.25, 0.3) is 10.4 Å². The lowest BCUT2D eigenvalue weighted by molar-refractivity contribution is 0.354. The molecule has 0 saturated carbocycles. The largest absolute Gasteiger partial charge is 0.493 e. The average molecular weight is 325 g/mol. The highest BCUT2D eigenvalue weighted by Crippen LogP contribution is 2.32. The van der Waals surface area contributed by atoms with E-state index in [0.29, 0.717) is 0 Å². The van der Waals surface area contributed by atoms with Crippen molar-refractivity contribution in [3.63, 3.8) is 0 Å². The number of hydrogen-bond acceptors (Lipinski definition) is 4. The smallest absolute Gasteiger partial charge is 0.160 e. The lowest BCUT2D eigenvalue weighted by Crippen LogP contribution is -1.93. The number of rotatable bonds is 5. The summed E-state index contributed by atoms with van der Waals surface area (Å²) in [7, 11) is 3.30. The van der Waals surface area contributed by atoms with E-state index in [9.17, 15) is 0 Å². The minimum atomic E-state index is 0.747. The lowest BCUT2D eigenvalue weighted by atomic mass is 10.1. The van der Waals surface area contributed by atoms with E-state index in [1.54, 1.807) is 25.6 Å². The Morgan fingerprint density at radius 3 is 2.39 bits per heavy atom. The third-order valence-corrected chi connectivity index (χ3v) is 4.89. The van der Waals surface area contributed by atoms with Gasteiger partial charge in [0.2, 0.25) is 0 Å². The van der Waals surface area contributed by atoms with E-state index in [2.05, 4.69) is 37.3 Å². The molecule has 0 radical (unpaired) electrons. The Labute approximate surface area is 140 Å². The first-order valence-corrected chi connectivity index (χ1v) is 8.25. The van der Waals surface area contributed by atoms with Gasteiger partial charge in [0.1, 0.15) is 0 Å². The third kappa shape index (κ3) is 3.37. The fraction of sp³-hybridized carbons (Fsp3) is 0.211. The second-order valence-corrected chi connectivity index (χ2v) is 6.34. The molecular weight excluding hydrogens is 306 g/mol. The second kappa shape index (κ2) is 6.84. The highest BCUT2D eigenvalue weighted by molar-refractivity contribution is 7.15. The standard InChI is InChI=1S/C19H19NO2S/c1-13-19(15-7-5-4-6-8-15)23-18(20-13)12-14-9-10-16(21-2)17(11-14)22-3/h4-11H,12H2,1-3H3. The number of methoxy groups -OCH3 is 2. The first-order valence-electron chi connectivity index (χ1n) is 7.44. The Bertz CT molecular complexity index is 796. The molecule has 0 atom stereocenters. The van der Waals surface area contributed by atoms with Crippen molar-refractivity contribution in [2.75, 3.05) is 14.2 Å². The molecule has 0 aliphatic heterocycles. The van der Waals surface area contributed by atoms with Crippen molar-refractivity contribution < 1.29 is 9.47 Å². The van der Waals surface area contributed by atoms with Gasteiger partial charge in [0, 0.05) is 6.42 Å². The molecule has 0 saturated heterocycles. The molecule has 0 fully saturated rings. The summed E-state index contributed by atoms with van der Waals surface area (Å²) in [5.74, 6) is 1.50. The average Bonchev–Trinajstić information content (AvgIpc) is 2.95. The van der Waals surface area contributed by atoms with E-state index in [4.69, 9.17) is 14.5 Å². The first-order chi connectivity index (χ1) is 11.2. The third-order valence-electron chi connectivity index (χ3n) is 3.68. The normalized spacial score (nSPS) is 10.6. The Morgan fingerprint density at radius 2 is 1.70 bits per heavy atom. The van der Waals surface area contributed by atoms with Gasteiger partial charge in [-0.1, -0.05) is 36.4 Å². The summed E-state index contributed by atoms with van der Waals surface area (Å²) in [5, 5.41) is 1.11. The molecule has 118 valence electrons. The van der Waals surface area contributed by atoms with Gasteiger partial charge in [0.15, 0.2) is 11.5 Å². The number of aromatic nitrogens is 1. The van der Waals surface area contributed by atoms with Gasteiger partial charge < -0.3 is 9.47 Å². The molecule has 3 aromatic rings. The van der Waals surface area contributed by atoms with Gasteiger partial charge in [-0.05, 0) is 30.2 Å². The van der Waals surface area contributed by atoms with Gasteiger partial charge in [-0.2, -0.15) is 0 Å². The second-order valence-electron chi connectivity index (χ2n) is 5.25. The molecule has 0 N–H and O–H groups in total. The van der Waals surface area contributed by atoms with Crippen LogP contribution in [0.5, 0.6) is 11.5 Å². The van der Waals surface area contributed by atoms with Crippen molar-refractivity contribution in [1.29, 1.82) is 0 Å². The van der Waals surface area contributed by atoms with E-state index >= 15 is 0 Å². The Hall–Kier alpha value is -2.33. The number of aryl methyl sites for hydroxylation is 1. The van der Waals surface area contributed by atoms with E-state index in [1.807, 2.05) is 18.2 Å². The van der Waals surface area contributed by atoms with Crippen LogP contribution in [0.15, 0.2) is 48.5 Å². The number of benzene rings is 2. The van der Waals surface area contributed by atoms with E-state index in [0.717, 1.165) is 34.2 Å². The number of hydrogen-bond donors (Lipinski definition) is 0. The summed E-state index contributed by atoms with van der Waals surface area (Å²) >= 11 is 1.75. The molecule has 0 amide bonds. The van der Waals surface area contributed by atoms with Crippen molar-refractivity contribution in [3.8, 4) is 21.9 Å². The van der Waals surface area contributed by atoms with Crippen LogP contribution in [0, 0.1) is 6.92 Å². The predicted molar refractivity (Wildman–Crippen MR) is 94.6 cm³/mol. The van der Waals surface area contributed by atoms with Crippen molar-refractivity contribution >= 4 is 11.3 Å². The summed E-state index contributed by atoms with van der Waals surface area (Å²) in [4.78, 5) is 5.96. The van der Waals surface area contributed by atoms with Crippen LogP contribution in [0.1, 0.15) is 16.3 Å². The Kier molecular flexibility index (Phi) is 4.63. The fourth-order valence-electron chi connectivity index (χ4n) is 2.55. The molecule has 0 spiro atoms. The first kappa shape index (κ1) is 15.6. The molecule has 2 aromatic carbocycles. The van der Waals surface area contributed by atoms with Gasteiger partial charge in [-0.15, -0.1) is 11.3 Å². The zero-order valence-corrected chi connectivity index (χ0v) is 14.3. The van der Waals surface area contributed by atoms with Crippen molar-refractivity contribution in [2.45, 2.75) is 13.3 Å². The van der Waals surface area contributed by atoms with Crippen LogP contribution in [-0.4, -0.2) is 19.2 Å². The van der Waals surface area contributed by atoms with Crippen LogP contribution in [0.2, 0.25) is 0 Å². The monoisotopic (exact) mass is 325 g/mol. The number of nitrogens with zero attached hydrogens (tertiary/aromatic N) is 1. The molecule has 0 bridgehead atoms. The molecule has 4 heteroatoms. The SMILES string of the molecule is COc1ccc(Cc2nc(C)c(-c3ccccc3)s2)cc1OC. The molecule has 0 unspecified atom stereocenters. The van der Waals surface area contributed by atoms with Gasteiger partial charge >= 0.3 is 0 Å². The zero-order valence-electron chi connectivity index (χ0n) is 13.5. The Morgan fingerprint density at radius 1 is 0.957 bits per heavy atom. The fourth-order valence-corrected chi connectivity index (χ4v) is 3.65. The van der Waals surface area contributed by atoms with Crippen LogP contribution in [-0.2, 0) is 6.42 Å².